The third-order valence-electron chi connectivity index (χ3n) is 2.11. The molecule has 0 fully saturated rings. The Balaban J connectivity index is 2.29. The molecule has 1 aliphatic rings. The number of nitrogens with two attached hydrogens (primary N) is 2. The Morgan fingerprint density at radius 3 is 2.50 bits per heavy atom. The van der Waals surface area contributed by atoms with Crippen molar-refractivity contribution in [3.8, 4) is 0 Å². The van der Waals surface area contributed by atoms with Gasteiger partial charge in [-0.2, -0.15) is 0 Å². The Morgan fingerprint density at radius 2 is 2.00 bits per heavy atom. The molecule has 2 amide bonds. The van der Waals surface area contributed by atoms with E-state index in [1.807, 2.05) is 12.2 Å². The lowest BCUT2D eigenvalue weighted by Crippen LogP contribution is -2.46. The smallest absolute Gasteiger partial charge is 0.237 e. The van der Waals surface area contributed by atoms with Crippen molar-refractivity contribution in [2.75, 3.05) is 0 Å². The molecule has 0 spiro atoms. The third-order valence-corrected chi connectivity index (χ3v) is 2.11. The highest BCUT2D eigenvalue weighted by molar-refractivity contribution is 5.87. The molecule has 5 N–H and O–H groups in total. The zero-order chi connectivity index (χ0) is 10.6. The second-order valence-electron chi connectivity index (χ2n) is 3.43. The maximum atomic E-state index is 11.4. The van der Waals surface area contributed by atoms with Gasteiger partial charge in [0.15, 0.2) is 0 Å². The fourth-order valence-corrected chi connectivity index (χ4v) is 1.35. The molecule has 0 heterocycles. The first kappa shape index (κ1) is 10.7. The van der Waals surface area contributed by atoms with Gasteiger partial charge in [-0.1, -0.05) is 12.2 Å². The second kappa shape index (κ2) is 4.76. The largest absolute Gasteiger partial charge is 0.370 e. The molecule has 0 aliphatic heterocycles. The standard InChI is InChI=1S/C9H15N3O2/c10-7(5-8(11)13)9(14)12-6-3-1-2-4-6/h1-2,6-7H,3-5,10H2,(H2,11,13)(H,12,14). The maximum absolute atomic E-state index is 11.4. The fourth-order valence-electron chi connectivity index (χ4n) is 1.35. The highest BCUT2D eigenvalue weighted by atomic mass is 16.2. The molecule has 5 nitrogen and oxygen atoms in total. The molecule has 1 aliphatic carbocycles. The highest BCUT2D eigenvalue weighted by Gasteiger charge is 2.19. The predicted molar refractivity (Wildman–Crippen MR) is 52.1 cm³/mol. The summed E-state index contributed by atoms with van der Waals surface area (Å²) in [5.41, 5.74) is 10.4. The van der Waals surface area contributed by atoms with Crippen LogP contribution in [0, 0.1) is 0 Å². The van der Waals surface area contributed by atoms with Gasteiger partial charge in [0, 0.05) is 6.04 Å². The van der Waals surface area contributed by atoms with E-state index in [4.69, 9.17) is 11.5 Å². The summed E-state index contributed by atoms with van der Waals surface area (Å²) in [7, 11) is 0. The van der Waals surface area contributed by atoms with Crippen LogP contribution >= 0.6 is 0 Å². The summed E-state index contributed by atoms with van der Waals surface area (Å²) < 4.78 is 0. The van der Waals surface area contributed by atoms with Crippen molar-refractivity contribution in [2.24, 2.45) is 11.5 Å². The van der Waals surface area contributed by atoms with Gasteiger partial charge < -0.3 is 16.8 Å². The van der Waals surface area contributed by atoms with Crippen LogP contribution in [0.25, 0.3) is 0 Å². The van der Waals surface area contributed by atoms with Gasteiger partial charge in [0.2, 0.25) is 11.8 Å². The van der Waals surface area contributed by atoms with E-state index in [9.17, 15) is 9.59 Å². The van der Waals surface area contributed by atoms with Gasteiger partial charge in [-0.15, -0.1) is 0 Å². The fraction of sp³-hybridized carbons (Fsp3) is 0.556. The van der Waals surface area contributed by atoms with Crippen molar-refractivity contribution < 1.29 is 9.59 Å². The molecule has 0 saturated heterocycles. The van der Waals surface area contributed by atoms with Crippen LogP contribution in [0.15, 0.2) is 12.2 Å². The van der Waals surface area contributed by atoms with Crippen molar-refractivity contribution in [3.63, 3.8) is 0 Å². The second-order valence-corrected chi connectivity index (χ2v) is 3.43. The molecular weight excluding hydrogens is 182 g/mol. The Bertz CT molecular complexity index is 255. The third kappa shape index (κ3) is 3.18. The van der Waals surface area contributed by atoms with Gasteiger partial charge in [-0.25, -0.2) is 0 Å². The Morgan fingerprint density at radius 1 is 1.43 bits per heavy atom. The van der Waals surface area contributed by atoms with E-state index in [2.05, 4.69) is 5.32 Å². The number of hydrogen-bond acceptors (Lipinski definition) is 3. The monoisotopic (exact) mass is 197 g/mol. The predicted octanol–water partition coefficient (Wildman–Crippen LogP) is -0.976. The normalized spacial score (nSPS) is 18.1. The summed E-state index contributed by atoms with van der Waals surface area (Å²) in [4.78, 5) is 21.9. The van der Waals surface area contributed by atoms with Crippen molar-refractivity contribution >= 4 is 11.8 Å². The topological polar surface area (TPSA) is 98.2 Å². The van der Waals surface area contributed by atoms with Crippen molar-refractivity contribution in [3.05, 3.63) is 12.2 Å². The lowest BCUT2D eigenvalue weighted by Gasteiger charge is -2.15. The molecule has 1 rings (SSSR count). The maximum Gasteiger partial charge on any atom is 0.237 e. The van der Waals surface area contributed by atoms with Crippen LogP contribution in [0.4, 0.5) is 0 Å². The number of rotatable bonds is 4. The average molecular weight is 197 g/mol. The SMILES string of the molecule is NC(=O)CC(N)C(=O)NC1CC=CC1. The summed E-state index contributed by atoms with van der Waals surface area (Å²) in [6.07, 6.45) is 5.56. The highest BCUT2D eigenvalue weighted by Crippen LogP contribution is 2.09. The Kier molecular flexibility index (Phi) is 3.64. The molecule has 0 saturated carbocycles. The molecule has 0 aromatic heterocycles. The number of primary amides is 1. The molecule has 0 radical (unpaired) electrons. The minimum absolute atomic E-state index is 0.105. The van der Waals surface area contributed by atoms with Gasteiger partial charge in [-0.05, 0) is 12.8 Å². The number of nitrogens with one attached hydrogen (secondary N) is 1. The minimum atomic E-state index is -0.826. The number of carbonyl (C=O) groups excluding carboxylic acids is 2. The molecule has 0 aromatic carbocycles. The van der Waals surface area contributed by atoms with Crippen LogP contribution in [0.1, 0.15) is 19.3 Å². The first-order valence-electron chi connectivity index (χ1n) is 4.59. The Hall–Kier alpha value is -1.36. The first-order chi connectivity index (χ1) is 6.59. The van der Waals surface area contributed by atoms with Crippen LogP contribution < -0.4 is 16.8 Å². The van der Waals surface area contributed by atoms with E-state index in [0.29, 0.717) is 0 Å². The lowest BCUT2D eigenvalue weighted by molar-refractivity contribution is -0.126. The van der Waals surface area contributed by atoms with Crippen LogP contribution in [-0.4, -0.2) is 23.9 Å². The zero-order valence-electron chi connectivity index (χ0n) is 7.90. The van der Waals surface area contributed by atoms with Gasteiger partial charge in [0.25, 0.3) is 0 Å². The van der Waals surface area contributed by atoms with E-state index in [0.717, 1.165) is 12.8 Å². The van der Waals surface area contributed by atoms with E-state index in [1.54, 1.807) is 0 Å². The Labute approximate surface area is 82.5 Å². The van der Waals surface area contributed by atoms with Gasteiger partial charge >= 0.3 is 0 Å². The first-order valence-corrected chi connectivity index (χ1v) is 4.59. The summed E-state index contributed by atoms with van der Waals surface area (Å²) in [6, 6.07) is -0.700. The van der Waals surface area contributed by atoms with E-state index < -0.39 is 11.9 Å². The van der Waals surface area contributed by atoms with Gasteiger partial charge in [0.1, 0.15) is 0 Å². The van der Waals surface area contributed by atoms with Gasteiger partial charge in [0.05, 0.1) is 12.5 Å². The quantitative estimate of drug-likeness (QED) is 0.505. The van der Waals surface area contributed by atoms with E-state index in [-0.39, 0.29) is 18.4 Å². The van der Waals surface area contributed by atoms with Crippen molar-refractivity contribution in [2.45, 2.75) is 31.3 Å². The number of carbonyl (C=O) groups is 2. The molecule has 14 heavy (non-hydrogen) atoms. The molecular formula is C9H15N3O2. The van der Waals surface area contributed by atoms with Crippen LogP contribution in [0.5, 0.6) is 0 Å². The summed E-state index contributed by atoms with van der Waals surface area (Å²) in [6.45, 7) is 0. The van der Waals surface area contributed by atoms with Crippen LogP contribution in [0.2, 0.25) is 0 Å². The van der Waals surface area contributed by atoms with E-state index in [1.165, 1.54) is 0 Å². The molecule has 78 valence electrons. The molecule has 1 unspecified atom stereocenters. The summed E-state index contributed by atoms with van der Waals surface area (Å²) >= 11 is 0. The molecule has 0 aromatic rings. The average Bonchev–Trinajstić information content (AvgIpc) is 2.55. The van der Waals surface area contributed by atoms with E-state index >= 15 is 0 Å². The number of amides is 2. The molecule has 1 atom stereocenters. The molecule has 5 heteroatoms. The van der Waals surface area contributed by atoms with Crippen LogP contribution in [-0.2, 0) is 9.59 Å². The van der Waals surface area contributed by atoms with Gasteiger partial charge in [-0.3, -0.25) is 9.59 Å². The lowest BCUT2D eigenvalue weighted by atomic mass is 10.1. The molecule has 0 bridgehead atoms. The summed E-state index contributed by atoms with van der Waals surface area (Å²) in [5, 5.41) is 2.75. The summed E-state index contributed by atoms with van der Waals surface area (Å²) in [5.74, 6) is -0.866. The van der Waals surface area contributed by atoms with Crippen LogP contribution in [0.3, 0.4) is 0 Å². The van der Waals surface area contributed by atoms with Crippen molar-refractivity contribution in [1.29, 1.82) is 0 Å². The number of hydrogen-bond donors (Lipinski definition) is 3. The zero-order valence-corrected chi connectivity index (χ0v) is 7.90. The minimum Gasteiger partial charge on any atom is -0.370 e. The van der Waals surface area contributed by atoms with Crippen molar-refractivity contribution in [1.82, 2.24) is 5.32 Å².